The fourth-order valence-electron chi connectivity index (χ4n) is 2.89. The maximum atomic E-state index is 12.5. The number of methoxy groups -OCH3 is 1. The summed E-state index contributed by atoms with van der Waals surface area (Å²) in [6, 6.07) is 13.9. The van der Waals surface area contributed by atoms with Gasteiger partial charge < -0.3 is 19.5 Å². The number of sulfonamides is 1. The fourth-order valence-corrected chi connectivity index (χ4v) is 4.01. The number of nitrogens with zero attached hydrogens (tertiary/aromatic N) is 1. The van der Waals surface area contributed by atoms with Crippen LogP contribution in [-0.4, -0.2) is 53.0 Å². The number of rotatable bonds is 8. The van der Waals surface area contributed by atoms with E-state index in [0.29, 0.717) is 17.2 Å². The highest BCUT2D eigenvalue weighted by Crippen LogP contribution is 2.35. The van der Waals surface area contributed by atoms with Crippen LogP contribution < -0.4 is 23.8 Å². The zero-order chi connectivity index (χ0) is 20.9. The van der Waals surface area contributed by atoms with Gasteiger partial charge in [0.2, 0.25) is 10.0 Å². The molecule has 3 rings (SSSR count). The van der Waals surface area contributed by atoms with E-state index in [2.05, 4.69) is 5.32 Å². The molecule has 0 saturated carbocycles. The first-order valence-corrected chi connectivity index (χ1v) is 10.9. The molecule has 0 fully saturated rings. The van der Waals surface area contributed by atoms with E-state index in [9.17, 15) is 13.2 Å². The number of anilines is 1. The van der Waals surface area contributed by atoms with Crippen molar-refractivity contribution in [1.29, 1.82) is 0 Å². The van der Waals surface area contributed by atoms with Crippen LogP contribution in [0.3, 0.4) is 0 Å². The van der Waals surface area contributed by atoms with Crippen molar-refractivity contribution in [2.45, 2.75) is 13.0 Å². The molecular weight excluding hydrogens is 396 g/mol. The van der Waals surface area contributed by atoms with Crippen LogP contribution in [0.25, 0.3) is 0 Å². The first kappa shape index (κ1) is 20.8. The number of benzene rings is 2. The molecule has 29 heavy (non-hydrogen) atoms. The lowest BCUT2D eigenvalue weighted by molar-refractivity contribution is -0.127. The van der Waals surface area contributed by atoms with Crippen molar-refractivity contribution >= 4 is 21.6 Å². The van der Waals surface area contributed by atoms with Crippen LogP contribution in [0.4, 0.5) is 5.69 Å². The van der Waals surface area contributed by atoms with Crippen LogP contribution in [0, 0.1) is 0 Å². The number of carbonyl (C=O) groups is 1. The van der Waals surface area contributed by atoms with E-state index >= 15 is 0 Å². The minimum Gasteiger partial charge on any atom is -0.497 e. The lowest BCUT2D eigenvalue weighted by atomic mass is 10.2. The average molecular weight is 420 g/mol. The predicted molar refractivity (Wildman–Crippen MR) is 109 cm³/mol. The number of carbonyl (C=O) groups excluding carboxylic acids is 1. The standard InChI is InChI=1S/C20H24N2O6S/c1-3-29(24,25)22-14-19(28-18-7-5-4-6-17(18)22)20(23)21-12-13-27-16-10-8-15(26-2)9-11-16/h4-11,19H,3,12-14H2,1-2H3,(H,21,23)/t19-/m0/s1. The van der Waals surface area contributed by atoms with Gasteiger partial charge in [0, 0.05) is 0 Å². The zero-order valence-electron chi connectivity index (χ0n) is 16.3. The topological polar surface area (TPSA) is 94.2 Å². The molecule has 1 aliphatic heterocycles. The Morgan fingerprint density at radius 2 is 1.86 bits per heavy atom. The van der Waals surface area contributed by atoms with E-state index in [4.69, 9.17) is 14.2 Å². The van der Waals surface area contributed by atoms with E-state index < -0.39 is 22.0 Å². The highest BCUT2D eigenvalue weighted by Gasteiger charge is 2.35. The van der Waals surface area contributed by atoms with E-state index in [1.54, 1.807) is 62.6 Å². The molecule has 1 aliphatic rings. The molecule has 156 valence electrons. The van der Waals surface area contributed by atoms with Crippen LogP contribution in [0.2, 0.25) is 0 Å². The Kier molecular flexibility index (Phi) is 6.48. The van der Waals surface area contributed by atoms with Gasteiger partial charge in [-0.2, -0.15) is 0 Å². The zero-order valence-corrected chi connectivity index (χ0v) is 17.1. The molecule has 2 aromatic rings. The molecule has 0 aromatic heterocycles. The molecule has 0 spiro atoms. The summed E-state index contributed by atoms with van der Waals surface area (Å²) in [6.45, 7) is 2.02. The smallest absolute Gasteiger partial charge is 0.263 e. The van der Waals surface area contributed by atoms with Crippen molar-refractivity contribution in [2.24, 2.45) is 0 Å². The molecule has 1 amide bonds. The molecular formula is C20H24N2O6S. The Morgan fingerprint density at radius 1 is 1.17 bits per heavy atom. The van der Waals surface area contributed by atoms with Crippen LogP contribution in [0.15, 0.2) is 48.5 Å². The monoisotopic (exact) mass is 420 g/mol. The van der Waals surface area contributed by atoms with E-state index in [1.807, 2.05) is 0 Å². The Bertz CT molecular complexity index is 946. The van der Waals surface area contributed by atoms with Crippen LogP contribution in [0.5, 0.6) is 17.2 Å². The predicted octanol–water partition coefficient (Wildman–Crippen LogP) is 1.81. The lowest BCUT2D eigenvalue weighted by Gasteiger charge is -2.34. The minimum atomic E-state index is -3.53. The van der Waals surface area contributed by atoms with E-state index in [-0.39, 0.29) is 25.4 Å². The van der Waals surface area contributed by atoms with Crippen molar-refractivity contribution in [2.75, 3.05) is 36.9 Å². The van der Waals surface area contributed by atoms with Gasteiger partial charge in [-0.25, -0.2) is 8.42 Å². The Morgan fingerprint density at radius 3 is 2.55 bits per heavy atom. The normalized spacial score (nSPS) is 15.8. The molecule has 0 saturated heterocycles. The summed E-state index contributed by atoms with van der Waals surface area (Å²) in [5.74, 6) is 1.29. The van der Waals surface area contributed by atoms with Crippen molar-refractivity contribution < 1.29 is 27.4 Å². The Hall–Kier alpha value is -2.94. The maximum absolute atomic E-state index is 12.5. The van der Waals surface area contributed by atoms with Gasteiger partial charge in [-0.1, -0.05) is 12.1 Å². The number of fused-ring (bicyclic) bond motifs is 1. The lowest BCUT2D eigenvalue weighted by Crippen LogP contribution is -2.51. The van der Waals surface area contributed by atoms with Crippen molar-refractivity contribution in [3.63, 3.8) is 0 Å². The minimum absolute atomic E-state index is 0.0641. The van der Waals surface area contributed by atoms with Gasteiger partial charge in [-0.3, -0.25) is 9.10 Å². The van der Waals surface area contributed by atoms with Crippen LogP contribution in [0.1, 0.15) is 6.92 Å². The van der Waals surface area contributed by atoms with E-state index in [1.165, 1.54) is 4.31 Å². The van der Waals surface area contributed by atoms with Gasteiger partial charge in [0.15, 0.2) is 6.10 Å². The summed E-state index contributed by atoms with van der Waals surface area (Å²) in [5.41, 5.74) is 0.446. The molecule has 2 aromatic carbocycles. The molecule has 0 radical (unpaired) electrons. The van der Waals surface area contributed by atoms with Gasteiger partial charge >= 0.3 is 0 Å². The van der Waals surface area contributed by atoms with E-state index in [0.717, 1.165) is 5.75 Å². The summed E-state index contributed by atoms with van der Waals surface area (Å²) < 4.78 is 42.5. The summed E-state index contributed by atoms with van der Waals surface area (Å²) in [6.07, 6.45) is -0.938. The average Bonchev–Trinajstić information content (AvgIpc) is 2.76. The number of hydrogen-bond acceptors (Lipinski definition) is 6. The third kappa shape index (κ3) is 4.92. The highest BCUT2D eigenvalue weighted by atomic mass is 32.2. The van der Waals surface area contributed by atoms with Gasteiger partial charge in [0.1, 0.15) is 23.9 Å². The number of hydrogen-bond donors (Lipinski definition) is 1. The Labute approximate surface area is 170 Å². The molecule has 1 atom stereocenters. The second kappa shape index (κ2) is 9.04. The summed E-state index contributed by atoms with van der Waals surface area (Å²) in [4.78, 5) is 12.5. The van der Waals surface area contributed by atoms with Gasteiger partial charge in [0.05, 0.1) is 31.6 Å². The fraction of sp³-hybridized carbons (Fsp3) is 0.350. The molecule has 0 unspecified atom stereocenters. The maximum Gasteiger partial charge on any atom is 0.263 e. The molecule has 1 N–H and O–H groups in total. The molecule has 1 heterocycles. The Balaban J connectivity index is 1.58. The third-order valence-electron chi connectivity index (χ3n) is 4.46. The summed E-state index contributed by atoms with van der Waals surface area (Å²) >= 11 is 0. The van der Waals surface area contributed by atoms with Crippen molar-refractivity contribution in [3.05, 3.63) is 48.5 Å². The summed E-state index contributed by atoms with van der Waals surface area (Å²) in [7, 11) is -1.94. The van der Waals surface area contributed by atoms with Gasteiger partial charge in [-0.15, -0.1) is 0 Å². The SMILES string of the molecule is CCS(=O)(=O)N1C[C@@H](C(=O)NCCOc2ccc(OC)cc2)Oc2ccccc21. The third-order valence-corrected chi connectivity index (χ3v) is 6.20. The molecule has 8 nitrogen and oxygen atoms in total. The first-order valence-electron chi connectivity index (χ1n) is 9.25. The van der Waals surface area contributed by atoms with Gasteiger partial charge in [-0.05, 0) is 43.3 Å². The first-order chi connectivity index (χ1) is 13.9. The molecule has 0 bridgehead atoms. The number of nitrogens with one attached hydrogen (secondary N) is 1. The second-order valence-corrected chi connectivity index (χ2v) is 8.50. The second-order valence-electron chi connectivity index (χ2n) is 6.32. The number of ether oxygens (including phenoxy) is 3. The largest absolute Gasteiger partial charge is 0.497 e. The number of amides is 1. The van der Waals surface area contributed by atoms with Crippen LogP contribution >= 0.6 is 0 Å². The highest BCUT2D eigenvalue weighted by molar-refractivity contribution is 7.92. The summed E-state index contributed by atoms with van der Waals surface area (Å²) in [5, 5.41) is 2.73. The van der Waals surface area contributed by atoms with Gasteiger partial charge in [0.25, 0.3) is 5.91 Å². The quantitative estimate of drug-likeness (QED) is 0.655. The molecule has 0 aliphatic carbocycles. The van der Waals surface area contributed by atoms with Crippen molar-refractivity contribution in [3.8, 4) is 17.2 Å². The van der Waals surface area contributed by atoms with Crippen molar-refractivity contribution in [1.82, 2.24) is 5.32 Å². The molecule has 9 heteroatoms. The van der Waals surface area contributed by atoms with Crippen LogP contribution in [-0.2, 0) is 14.8 Å². The number of para-hydroxylation sites is 2.